The number of halogens is 2. The Morgan fingerprint density at radius 1 is 1.13 bits per heavy atom. The first-order valence-electron chi connectivity index (χ1n) is 9.65. The predicted octanol–water partition coefficient (Wildman–Crippen LogP) is 3.42. The van der Waals surface area contributed by atoms with Gasteiger partial charge in [0.05, 0.1) is 23.0 Å². The van der Waals surface area contributed by atoms with Crippen LogP contribution in [-0.4, -0.2) is 59.8 Å². The summed E-state index contributed by atoms with van der Waals surface area (Å²) in [6.07, 6.45) is 4.17. The highest BCUT2D eigenvalue weighted by Gasteiger charge is 2.36. The largest absolute Gasteiger partial charge is 0.338 e. The van der Waals surface area contributed by atoms with Crippen molar-refractivity contribution in [1.82, 2.24) is 34.8 Å². The molecule has 8 nitrogen and oxygen atoms in total. The fraction of sp³-hybridized carbons (Fsp3) is 0.300. The Morgan fingerprint density at radius 3 is 2.61 bits per heavy atom. The van der Waals surface area contributed by atoms with E-state index in [1.54, 1.807) is 35.4 Å². The maximum Gasteiger partial charge on any atom is 0.264 e. The molecular formula is C20H17F2N7OS. The second-order valence-electron chi connectivity index (χ2n) is 7.34. The molecule has 1 fully saturated rings. The molecule has 1 amide bonds. The van der Waals surface area contributed by atoms with E-state index in [1.807, 2.05) is 13.1 Å². The number of thiophene rings is 1. The van der Waals surface area contributed by atoms with Crippen LogP contribution in [0.4, 0.5) is 8.78 Å². The first-order chi connectivity index (χ1) is 14.9. The second kappa shape index (κ2) is 7.41. The number of fused-ring (bicyclic) bond motifs is 1. The molecule has 0 aliphatic carbocycles. The molecule has 0 N–H and O–H groups in total. The van der Waals surface area contributed by atoms with Crippen molar-refractivity contribution in [2.75, 3.05) is 13.1 Å². The number of hydrogen-bond acceptors (Lipinski definition) is 7. The Labute approximate surface area is 179 Å². The number of rotatable bonds is 3. The topological polar surface area (TPSA) is 89.7 Å². The Bertz CT molecular complexity index is 1260. The molecule has 0 unspecified atom stereocenters. The van der Waals surface area contributed by atoms with Crippen molar-refractivity contribution in [2.45, 2.75) is 18.8 Å². The van der Waals surface area contributed by atoms with E-state index in [0.717, 1.165) is 5.69 Å². The van der Waals surface area contributed by atoms with Gasteiger partial charge in [0.2, 0.25) is 0 Å². The van der Waals surface area contributed by atoms with Gasteiger partial charge < -0.3 is 4.90 Å². The average molecular weight is 441 g/mol. The summed E-state index contributed by atoms with van der Waals surface area (Å²) in [6.45, 7) is 0.0720. The van der Waals surface area contributed by atoms with Crippen LogP contribution in [-0.2, 0) is 7.05 Å². The zero-order chi connectivity index (χ0) is 21.6. The molecule has 1 aliphatic heterocycles. The van der Waals surface area contributed by atoms with E-state index in [0.29, 0.717) is 32.2 Å². The molecule has 5 heterocycles. The molecule has 0 aromatic carbocycles. The molecule has 1 saturated heterocycles. The minimum absolute atomic E-state index is 0.0360. The number of alkyl halides is 2. The van der Waals surface area contributed by atoms with Crippen molar-refractivity contribution in [1.29, 1.82) is 0 Å². The first kappa shape index (κ1) is 19.6. The SMILES string of the molecule is Cn1nccc1-c1nc(-c2ccnnc2)nc2sc(C(=O)N3CCC(F)(F)CC3)cc12. The smallest absolute Gasteiger partial charge is 0.264 e. The molecule has 0 bridgehead atoms. The molecule has 0 saturated carbocycles. The number of carbonyl (C=O) groups excluding carboxylic acids is 1. The number of carbonyl (C=O) groups is 1. The van der Waals surface area contributed by atoms with Crippen LogP contribution in [0.5, 0.6) is 0 Å². The minimum Gasteiger partial charge on any atom is -0.338 e. The van der Waals surface area contributed by atoms with Gasteiger partial charge in [-0.2, -0.15) is 15.3 Å². The summed E-state index contributed by atoms with van der Waals surface area (Å²) in [5.41, 5.74) is 2.10. The van der Waals surface area contributed by atoms with E-state index >= 15 is 0 Å². The van der Waals surface area contributed by atoms with Crippen LogP contribution in [0.1, 0.15) is 22.5 Å². The quantitative estimate of drug-likeness (QED) is 0.484. The van der Waals surface area contributed by atoms with Crippen molar-refractivity contribution >= 4 is 27.5 Å². The molecular weight excluding hydrogens is 424 g/mol. The number of likely N-dealkylation sites (tertiary alicyclic amines) is 1. The Kier molecular flexibility index (Phi) is 4.69. The zero-order valence-corrected chi connectivity index (χ0v) is 17.3. The number of amides is 1. The van der Waals surface area contributed by atoms with Crippen molar-refractivity contribution in [3.63, 3.8) is 0 Å². The monoisotopic (exact) mass is 441 g/mol. The third-order valence-electron chi connectivity index (χ3n) is 5.29. The van der Waals surface area contributed by atoms with E-state index in [9.17, 15) is 13.6 Å². The molecule has 0 atom stereocenters. The fourth-order valence-electron chi connectivity index (χ4n) is 3.57. The van der Waals surface area contributed by atoms with Crippen LogP contribution in [0.15, 0.2) is 36.8 Å². The second-order valence-corrected chi connectivity index (χ2v) is 8.38. The standard InChI is InChI=1S/C20H17F2N7OS/c1-28-14(3-7-25-28)16-13-10-15(19(30)29-8-4-20(21,22)5-9-29)31-18(13)27-17(26-16)12-2-6-23-24-11-12/h2-3,6-7,10-11H,4-5,8-9H2,1H3. The normalized spacial score (nSPS) is 16.0. The number of piperidine rings is 1. The third-order valence-corrected chi connectivity index (χ3v) is 6.31. The van der Waals surface area contributed by atoms with Crippen LogP contribution < -0.4 is 0 Å². The predicted molar refractivity (Wildman–Crippen MR) is 111 cm³/mol. The van der Waals surface area contributed by atoms with Gasteiger partial charge in [0.25, 0.3) is 11.8 Å². The molecule has 158 valence electrons. The van der Waals surface area contributed by atoms with Gasteiger partial charge in [0.1, 0.15) is 10.5 Å². The highest BCUT2D eigenvalue weighted by atomic mass is 32.1. The molecule has 31 heavy (non-hydrogen) atoms. The van der Waals surface area contributed by atoms with Crippen LogP contribution in [0.3, 0.4) is 0 Å². The van der Waals surface area contributed by atoms with Crippen LogP contribution in [0.25, 0.3) is 33.0 Å². The Balaban J connectivity index is 1.60. The molecule has 4 aromatic rings. The maximum atomic E-state index is 13.5. The molecule has 5 rings (SSSR count). The highest BCUT2D eigenvalue weighted by molar-refractivity contribution is 7.20. The number of aryl methyl sites for hydroxylation is 1. The molecule has 0 radical (unpaired) electrons. The van der Waals surface area contributed by atoms with Gasteiger partial charge in [-0.25, -0.2) is 18.7 Å². The van der Waals surface area contributed by atoms with E-state index in [1.165, 1.54) is 16.2 Å². The lowest BCUT2D eigenvalue weighted by Gasteiger charge is -2.31. The van der Waals surface area contributed by atoms with E-state index in [4.69, 9.17) is 4.98 Å². The summed E-state index contributed by atoms with van der Waals surface area (Å²) in [5.74, 6) is -2.51. The fourth-order valence-corrected chi connectivity index (χ4v) is 4.57. The van der Waals surface area contributed by atoms with Crippen LogP contribution in [0.2, 0.25) is 0 Å². The lowest BCUT2D eigenvalue weighted by molar-refractivity contribution is -0.0493. The number of hydrogen-bond donors (Lipinski definition) is 0. The van der Waals surface area contributed by atoms with Crippen molar-refractivity contribution in [3.8, 4) is 22.8 Å². The molecule has 1 aliphatic rings. The van der Waals surface area contributed by atoms with Crippen molar-refractivity contribution in [2.24, 2.45) is 7.05 Å². The summed E-state index contributed by atoms with van der Waals surface area (Å²) in [7, 11) is 1.81. The number of nitrogens with zero attached hydrogens (tertiary/aromatic N) is 7. The van der Waals surface area contributed by atoms with Crippen molar-refractivity contribution < 1.29 is 13.6 Å². The summed E-state index contributed by atoms with van der Waals surface area (Å²) in [6, 6.07) is 5.34. The van der Waals surface area contributed by atoms with E-state index in [-0.39, 0.29) is 31.8 Å². The van der Waals surface area contributed by atoms with E-state index < -0.39 is 5.92 Å². The zero-order valence-electron chi connectivity index (χ0n) is 16.5. The Morgan fingerprint density at radius 2 is 1.94 bits per heavy atom. The van der Waals surface area contributed by atoms with Crippen LogP contribution >= 0.6 is 11.3 Å². The third kappa shape index (κ3) is 3.65. The Hall–Kier alpha value is -3.34. The van der Waals surface area contributed by atoms with Gasteiger partial charge in [-0.3, -0.25) is 9.48 Å². The molecule has 11 heteroatoms. The van der Waals surface area contributed by atoms with Gasteiger partial charge in [0.15, 0.2) is 5.82 Å². The minimum atomic E-state index is -2.71. The molecule has 0 spiro atoms. The molecule has 4 aromatic heterocycles. The average Bonchev–Trinajstić information content (AvgIpc) is 3.39. The lowest BCUT2D eigenvalue weighted by Crippen LogP contribution is -2.42. The van der Waals surface area contributed by atoms with E-state index in [2.05, 4.69) is 20.3 Å². The summed E-state index contributed by atoms with van der Waals surface area (Å²) in [5, 5.41) is 12.6. The van der Waals surface area contributed by atoms with Gasteiger partial charge in [-0.05, 0) is 18.2 Å². The highest BCUT2D eigenvalue weighted by Crippen LogP contribution is 2.35. The summed E-state index contributed by atoms with van der Waals surface area (Å²) in [4.78, 5) is 24.9. The van der Waals surface area contributed by atoms with Gasteiger partial charge >= 0.3 is 0 Å². The van der Waals surface area contributed by atoms with Crippen LogP contribution in [0, 0.1) is 0 Å². The maximum absolute atomic E-state index is 13.5. The first-order valence-corrected chi connectivity index (χ1v) is 10.5. The lowest BCUT2D eigenvalue weighted by atomic mass is 10.1. The van der Waals surface area contributed by atoms with Gasteiger partial charge in [-0.15, -0.1) is 11.3 Å². The summed E-state index contributed by atoms with van der Waals surface area (Å²) < 4.78 is 28.7. The summed E-state index contributed by atoms with van der Waals surface area (Å²) >= 11 is 1.23. The van der Waals surface area contributed by atoms with Gasteiger partial charge in [0, 0.05) is 50.1 Å². The van der Waals surface area contributed by atoms with Gasteiger partial charge in [-0.1, -0.05) is 0 Å². The number of aromatic nitrogens is 6. The van der Waals surface area contributed by atoms with Crippen molar-refractivity contribution in [3.05, 3.63) is 41.7 Å².